The lowest BCUT2D eigenvalue weighted by Crippen LogP contribution is -2.33. The minimum absolute atomic E-state index is 0.445. The summed E-state index contributed by atoms with van der Waals surface area (Å²) in [5.41, 5.74) is 8.16. The van der Waals surface area contributed by atoms with Crippen LogP contribution in [0, 0.1) is 0 Å². The van der Waals surface area contributed by atoms with Crippen molar-refractivity contribution in [3.05, 3.63) is 27.7 Å². The minimum Gasteiger partial charge on any atom is -0.493 e. The maximum Gasteiger partial charge on any atom is 0.127 e. The Morgan fingerprint density at radius 2 is 2.25 bits per heavy atom. The van der Waals surface area contributed by atoms with Gasteiger partial charge in [-0.05, 0) is 31.5 Å². The molecule has 1 aliphatic rings. The maximum atomic E-state index is 5.79. The van der Waals surface area contributed by atoms with Crippen LogP contribution in [-0.4, -0.2) is 29.1 Å². The molecule has 2 N–H and O–H groups in total. The fraction of sp³-hybridized carbons (Fsp3) is 0.533. The fourth-order valence-electron chi connectivity index (χ4n) is 2.46. The average Bonchev–Trinajstić information content (AvgIpc) is 2.81. The molecule has 0 aromatic heterocycles. The molecule has 1 aromatic rings. The third kappa shape index (κ3) is 3.93. The SMILES string of the molecule is CC(C)N(CCC(N)=S)Cc1cc(Br)cc2c1OCC2. The topological polar surface area (TPSA) is 38.5 Å². The van der Waals surface area contributed by atoms with Crippen LogP contribution >= 0.6 is 28.1 Å². The summed E-state index contributed by atoms with van der Waals surface area (Å²) in [6.07, 6.45) is 1.75. The molecule has 2 rings (SSSR count). The number of rotatable bonds is 6. The molecule has 1 aliphatic heterocycles. The van der Waals surface area contributed by atoms with E-state index >= 15 is 0 Å². The Balaban J connectivity index is 2.16. The summed E-state index contributed by atoms with van der Waals surface area (Å²) < 4.78 is 6.91. The first-order chi connectivity index (χ1) is 9.47. The number of nitrogens with two attached hydrogens (primary N) is 1. The first-order valence-corrected chi connectivity index (χ1v) is 8.14. The van der Waals surface area contributed by atoms with Gasteiger partial charge in [-0.25, -0.2) is 0 Å². The summed E-state index contributed by atoms with van der Waals surface area (Å²) >= 11 is 8.57. The number of benzene rings is 1. The molecule has 0 saturated heterocycles. The van der Waals surface area contributed by atoms with Crippen molar-refractivity contribution in [3.8, 4) is 5.75 Å². The molecule has 1 heterocycles. The molecule has 110 valence electrons. The molecule has 1 aromatic carbocycles. The molecule has 5 heteroatoms. The summed E-state index contributed by atoms with van der Waals surface area (Å²) in [6.45, 7) is 6.92. The Morgan fingerprint density at radius 3 is 2.90 bits per heavy atom. The van der Waals surface area contributed by atoms with Crippen LogP contribution < -0.4 is 10.5 Å². The Morgan fingerprint density at radius 1 is 1.50 bits per heavy atom. The molecule has 3 nitrogen and oxygen atoms in total. The Labute approximate surface area is 134 Å². The van der Waals surface area contributed by atoms with Crippen LogP contribution in [0.5, 0.6) is 5.75 Å². The van der Waals surface area contributed by atoms with E-state index in [0.29, 0.717) is 11.0 Å². The van der Waals surface area contributed by atoms with Crippen LogP contribution in [0.4, 0.5) is 0 Å². The van der Waals surface area contributed by atoms with E-state index in [1.165, 1.54) is 11.1 Å². The van der Waals surface area contributed by atoms with Gasteiger partial charge in [0.1, 0.15) is 5.75 Å². The van der Waals surface area contributed by atoms with Crippen molar-refractivity contribution >= 4 is 33.1 Å². The number of halogens is 1. The standard InChI is InChI=1S/C15H21BrN2OS/c1-10(2)18(5-3-14(17)20)9-12-8-13(16)7-11-4-6-19-15(11)12/h7-8,10H,3-6,9H2,1-2H3,(H2,17,20). The molecule has 0 atom stereocenters. The maximum absolute atomic E-state index is 5.79. The van der Waals surface area contributed by atoms with Crippen LogP contribution in [0.3, 0.4) is 0 Å². The van der Waals surface area contributed by atoms with Crippen molar-refractivity contribution in [2.45, 2.75) is 39.3 Å². The largest absolute Gasteiger partial charge is 0.493 e. The molecule has 0 aliphatic carbocycles. The highest BCUT2D eigenvalue weighted by molar-refractivity contribution is 9.10. The van der Waals surface area contributed by atoms with Gasteiger partial charge in [-0.3, -0.25) is 4.90 Å². The molecule has 0 bridgehead atoms. The number of nitrogens with zero attached hydrogens (tertiary/aromatic N) is 1. The van der Waals surface area contributed by atoms with Crippen molar-refractivity contribution in [2.75, 3.05) is 13.2 Å². The number of ether oxygens (including phenoxy) is 1. The average molecular weight is 357 g/mol. The van der Waals surface area contributed by atoms with Crippen molar-refractivity contribution in [2.24, 2.45) is 5.73 Å². The van der Waals surface area contributed by atoms with E-state index in [1.807, 2.05) is 0 Å². The van der Waals surface area contributed by atoms with Gasteiger partial charge >= 0.3 is 0 Å². The van der Waals surface area contributed by atoms with E-state index in [-0.39, 0.29) is 0 Å². The fourth-order valence-corrected chi connectivity index (χ4v) is 3.10. The van der Waals surface area contributed by atoms with E-state index in [4.69, 9.17) is 22.7 Å². The highest BCUT2D eigenvalue weighted by Gasteiger charge is 2.20. The summed E-state index contributed by atoms with van der Waals surface area (Å²) in [5.74, 6) is 1.06. The zero-order valence-corrected chi connectivity index (χ0v) is 14.4. The lowest BCUT2D eigenvalue weighted by molar-refractivity contribution is 0.216. The second-order valence-corrected chi connectivity index (χ2v) is 6.87. The first kappa shape index (κ1) is 15.7. The molecule has 0 saturated carbocycles. The molecule has 0 radical (unpaired) electrons. The van der Waals surface area contributed by atoms with E-state index < -0.39 is 0 Å². The predicted molar refractivity (Wildman–Crippen MR) is 90.3 cm³/mol. The number of fused-ring (bicyclic) bond motifs is 1. The quantitative estimate of drug-likeness (QED) is 0.793. The Bertz CT molecular complexity index is 505. The normalized spacial score (nSPS) is 13.7. The van der Waals surface area contributed by atoms with Gasteiger partial charge in [-0.15, -0.1) is 0 Å². The van der Waals surface area contributed by atoms with Crippen molar-refractivity contribution < 1.29 is 4.74 Å². The van der Waals surface area contributed by atoms with Gasteiger partial charge < -0.3 is 10.5 Å². The van der Waals surface area contributed by atoms with E-state index in [9.17, 15) is 0 Å². The van der Waals surface area contributed by atoms with E-state index in [2.05, 4.69) is 46.8 Å². The second-order valence-electron chi connectivity index (χ2n) is 5.43. The summed E-state index contributed by atoms with van der Waals surface area (Å²) in [4.78, 5) is 2.95. The van der Waals surface area contributed by atoms with Gasteiger partial charge in [0.15, 0.2) is 0 Å². The molecule has 0 amide bonds. The molecule has 0 fully saturated rings. The zero-order valence-electron chi connectivity index (χ0n) is 12.0. The lowest BCUT2D eigenvalue weighted by atomic mass is 10.1. The van der Waals surface area contributed by atoms with Crippen LogP contribution in [0.25, 0.3) is 0 Å². The number of hydrogen-bond acceptors (Lipinski definition) is 3. The highest BCUT2D eigenvalue weighted by Crippen LogP contribution is 2.34. The minimum atomic E-state index is 0.445. The smallest absolute Gasteiger partial charge is 0.127 e. The third-order valence-electron chi connectivity index (χ3n) is 3.57. The monoisotopic (exact) mass is 356 g/mol. The predicted octanol–water partition coefficient (Wildman–Crippen LogP) is 3.27. The van der Waals surface area contributed by atoms with Gasteiger partial charge in [0.25, 0.3) is 0 Å². The summed E-state index contributed by atoms with van der Waals surface area (Å²) in [7, 11) is 0. The van der Waals surface area contributed by atoms with Crippen molar-refractivity contribution in [1.82, 2.24) is 4.90 Å². The molecule has 0 spiro atoms. The van der Waals surface area contributed by atoms with Gasteiger partial charge in [-0.2, -0.15) is 0 Å². The molecular weight excluding hydrogens is 336 g/mol. The van der Waals surface area contributed by atoms with Crippen molar-refractivity contribution in [3.63, 3.8) is 0 Å². The number of hydrogen-bond donors (Lipinski definition) is 1. The van der Waals surface area contributed by atoms with Crippen LogP contribution in [-0.2, 0) is 13.0 Å². The van der Waals surface area contributed by atoms with Crippen LogP contribution in [0.2, 0.25) is 0 Å². The van der Waals surface area contributed by atoms with Gasteiger partial charge in [0.05, 0.1) is 11.6 Å². The highest BCUT2D eigenvalue weighted by atomic mass is 79.9. The second kappa shape index (κ2) is 6.87. The molecular formula is C15H21BrN2OS. The van der Waals surface area contributed by atoms with Crippen LogP contribution in [0.1, 0.15) is 31.4 Å². The number of thiocarbonyl (C=S) groups is 1. The Kier molecular flexibility index (Phi) is 5.41. The first-order valence-electron chi connectivity index (χ1n) is 6.94. The Hall–Kier alpha value is -0.650. The van der Waals surface area contributed by atoms with Crippen molar-refractivity contribution in [1.29, 1.82) is 0 Å². The van der Waals surface area contributed by atoms with E-state index in [0.717, 1.165) is 42.8 Å². The van der Waals surface area contributed by atoms with Crippen LogP contribution in [0.15, 0.2) is 16.6 Å². The van der Waals surface area contributed by atoms with E-state index in [1.54, 1.807) is 0 Å². The van der Waals surface area contributed by atoms with Gasteiger partial charge in [-0.1, -0.05) is 28.1 Å². The summed E-state index contributed by atoms with van der Waals surface area (Å²) in [6, 6.07) is 4.75. The third-order valence-corrected chi connectivity index (χ3v) is 4.24. The van der Waals surface area contributed by atoms with Gasteiger partial charge in [0.2, 0.25) is 0 Å². The molecule has 0 unspecified atom stereocenters. The van der Waals surface area contributed by atoms with Gasteiger partial charge in [0, 0.05) is 42.0 Å². The lowest BCUT2D eigenvalue weighted by Gasteiger charge is -2.27. The molecule has 20 heavy (non-hydrogen) atoms. The zero-order chi connectivity index (χ0) is 14.7. The summed E-state index contributed by atoms with van der Waals surface area (Å²) in [5, 5.41) is 0.